The first-order valence-corrected chi connectivity index (χ1v) is 8.60. The molecule has 0 atom stereocenters. The minimum absolute atomic E-state index is 0.134. The van der Waals surface area contributed by atoms with Crippen LogP contribution >= 0.6 is 0 Å². The molecule has 1 aromatic heterocycles. The van der Waals surface area contributed by atoms with Crippen LogP contribution < -0.4 is 4.72 Å². The lowest BCUT2D eigenvalue weighted by Gasteiger charge is -2.12. The molecule has 0 saturated heterocycles. The van der Waals surface area contributed by atoms with E-state index in [-0.39, 0.29) is 5.75 Å². The summed E-state index contributed by atoms with van der Waals surface area (Å²) in [7, 11) is -3.25. The molecule has 2 aromatic rings. The number of benzene rings is 1. The summed E-state index contributed by atoms with van der Waals surface area (Å²) in [6.07, 6.45) is 4.20. The predicted octanol–water partition coefficient (Wildman–Crippen LogP) is 3.52. The Kier molecular flexibility index (Phi) is 4.63. The Bertz CT molecular complexity index is 740. The van der Waals surface area contributed by atoms with E-state index in [9.17, 15) is 8.42 Å². The summed E-state index contributed by atoms with van der Waals surface area (Å²) < 4.78 is 26.2. The lowest BCUT2D eigenvalue weighted by atomic mass is 9.98. The van der Waals surface area contributed by atoms with Crippen molar-refractivity contribution in [1.82, 2.24) is 4.98 Å². The van der Waals surface area contributed by atoms with Gasteiger partial charge in [-0.3, -0.25) is 9.71 Å². The molecule has 1 aromatic carbocycles. The molecule has 112 valence electrons. The summed E-state index contributed by atoms with van der Waals surface area (Å²) in [4.78, 5) is 4.16. The monoisotopic (exact) mass is 304 g/mol. The van der Waals surface area contributed by atoms with Gasteiger partial charge in [0.2, 0.25) is 10.0 Å². The quantitative estimate of drug-likeness (QED) is 0.919. The van der Waals surface area contributed by atoms with Crippen molar-refractivity contribution >= 4 is 15.7 Å². The van der Waals surface area contributed by atoms with E-state index in [1.807, 2.05) is 45.2 Å². The highest BCUT2D eigenvalue weighted by molar-refractivity contribution is 7.92. The number of aryl methyl sites for hydroxylation is 2. The maximum absolute atomic E-state index is 11.8. The molecule has 0 aliphatic heterocycles. The molecular weight excluding hydrogens is 284 g/mol. The molecular formula is C16H20N2O2S. The third-order valence-electron chi connectivity index (χ3n) is 3.30. The fraction of sp³-hybridized carbons (Fsp3) is 0.312. The van der Waals surface area contributed by atoms with Gasteiger partial charge in [-0.05, 0) is 55.2 Å². The van der Waals surface area contributed by atoms with Gasteiger partial charge in [0.25, 0.3) is 0 Å². The SMILES string of the molecule is CCCS(=O)(=O)Nc1ccc(-c2cnccc2C)c(C)c1. The van der Waals surface area contributed by atoms with Crippen LogP contribution in [-0.2, 0) is 10.0 Å². The first kappa shape index (κ1) is 15.5. The molecule has 5 heteroatoms. The van der Waals surface area contributed by atoms with E-state index in [1.165, 1.54) is 0 Å². The average Bonchev–Trinajstić information content (AvgIpc) is 2.39. The van der Waals surface area contributed by atoms with E-state index in [4.69, 9.17) is 0 Å². The van der Waals surface area contributed by atoms with Crippen LogP contribution in [0.2, 0.25) is 0 Å². The number of nitrogens with zero attached hydrogens (tertiary/aromatic N) is 1. The highest BCUT2D eigenvalue weighted by atomic mass is 32.2. The summed E-state index contributed by atoms with van der Waals surface area (Å²) in [6, 6.07) is 7.55. The predicted molar refractivity (Wildman–Crippen MR) is 86.8 cm³/mol. The fourth-order valence-electron chi connectivity index (χ4n) is 2.27. The van der Waals surface area contributed by atoms with Gasteiger partial charge in [-0.2, -0.15) is 0 Å². The van der Waals surface area contributed by atoms with Crippen LogP contribution in [0.4, 0.5) is 5.69 Å². The zero-order valence-corrected chi connectivity index (χ0v) is 13.4. The van der Waals surface area contributed by atoms with Crippen molar-refractivity contribution < 1.29 is 8.42 Å². The Morgan fingerprint density at radius 3 is 2.48 bits per heavy atom. The molecule has 4 nitrogen and oxygen atoms in total. The highest BCUT2D eigenvalue weighted by Crippen LogP contribution is 2.28. The molecule has 1 heterocycles. The lowest BCUT2D eigenvalue weighted by Crippen LogP contribution is -2.16. The number of nitrogens with one attached hydrogen (secondary N) is 1. The van der Waals surface area contributed by atoms with E-state index in [0.29, 0.717) is 12.1 Å². The minimum Gasteiger partial charge on any atom is -0.284 e. The Labute approximate surface area is 126 Å². The molecule has 0 bridgehead atoms. The van der Waals surface area contributed by atoms with Gasteiger partial charge in [0.15, 0.2) is 0 Å². The lowest BCUT2D eigenvalue weighted by molar-refractivity contribution is 0.600. The zero-order valence-electron chi connectivity index (χ0n) is 12.6. The molecule has 0 aliphatic rings. The van der Waals surface area contributed by atoms with Crippen molar-refractivity contribution in [2.75, 3.05) is 10.5 Å². The smallest absolute Gasteiger partial charge is 0.232 e. The second-order valence-corrected chi connectivity index (χ2v) is 6.98. The van der Waals surface area contributed by atoms with Crippen LogP contribution in [0.3, 0.4) is 0 Å². The molecule has 0 spiro atoms. The first-order chi connectivity index (χ1) is 9.93. The van der Waals surface area contributed by atoms with Gasteiger partial charge in [-0.1, -0.05) is 13.0 Å². The van der Waals surface area contributed by atoms with Crippen LogP contribution in [0.15, 0.2) is 36.7 Å². The van der Waals surface area contributed by atoms with Gasteiger partial charge in [0.1, 0.15) is 0 Å². The topological polar surface area (TPSA) is 59.1 Å². The van der Waals surface area contributed by atoms with Crippen molar-refractivity contribution in [3.63, 3.8) is 0 Å². The maximum atomic E-state index is 11.8. The molecule has 0 amide bonds. The Morgan fingerprint density at radius 1 is 1.10 bits per heavy atom. The minimum atomic E-state index is -3.25. The second-order valence-electron chi connectivity index (χ2n) is 5.14. The number of aromatic nitrogens is 1. The van der Waals surface area contributed by atoms with Crippen LogP contribution in [0, 0.1) is 13.8 Å². The number of hydrogen-bond donors (Lipinski definition) is 1. The molecule has 0 saturated carbocycles. The summed E-state index contributed by atoms with van der Waals surface area (Å²) in [5.74, 6) is 0.134. The van der Waals surface area contributed by atoms with E-state index in [1.54, 1.807) is 12.3 Å². The van der Waals surface area contributed by atoms with Crippen molar-refractivity contribution in [3.05, 3.63) is 47.8 Å². The average molecular weight is 304 g/mol. The summed E-state index contributed by atoms with van der Waals surface area (Å²) in [5.41, 5.74) is 4.90. The fourth-order valence-corrected chi connectivity index (χ4v) is 3.40. The van der Waals surface area contributed by atoms with E-state index in [0.717, 1.165) is 22.3 Å². The Morgan fingerprint density at radius 2 is 1.86 bits per heavy atom. The van der Waals surface area contributed by atoms with Gasteiger partial charge in [0, 0.05) is 23.6 Å². The zero-order chi connectivity index (χ0) is 15.5. The molecule has 0 radical (unpaired) electrons. The van der Waals surface area contributed by atoms with Crippen LogP contribution in [-0.4, -0.2) is 19.2 Å². The molecule has 0 fully saturated rings. The van der Waals surface area contributed by atoms with Gasteiger partial charge in [-0.15, -0.1) is 0 Å². The number of pyridine rings is 1. The van der Waals surface area contributed by atoms with Gasteiger partial charge in [-0.25, -0.2) is 8.42 Å². The molecule has 1 N–H and O–H groups in total. The van der Waals surface area contributed by atoms with Crippen molar-refractivity contribution in [2.45, 2.75) is 27.2 Å². The summed E-state index contributed by atoms with van der Waals surface area (Å²) in [5, 5.41) is 0. The van der Waals surface area contributed by atoms with Crippen LogP contribution in [0.5, 0.6) is 0 Å². The first-order valence-electron chi connectivity index (χ1n) is 6.95. The van der Waals surface area contributed by atoms with Crippen molar-refractivity contribution in [2.24, 2.45) is 0 Å². The molecule has 21 heavy (non-hydrogen) atoms. The molecule has 0 unspecified atom stereocenters. The Balaban J connectivity index is 2.33. The normalized spacial score (nSPS) is 11.4. The standard InChI is InChI=1S/C16H20N2O2S/c1-4-9-21(19,20)18-14-5-6-15(13(3)10-14)16-11-17-8-7-12(16)2/h5-8,10-11,18H,4,9H2,1-3H3. The van der Waals surface area contributed by atoms with Gasteiger partial charge >= 0.3 is 0 Å². The van der Waals surface area contributed by atoms with E-state index < -0.39 is 10.0 Å². The maximum Gasteiger partial charge on any atom is 0.232 e. The third-order valence-corrected chi connectivity index (χ3v) is 4.79. The highest BCUT2D eigenvalue weighted by Gasteiger charge is 2.11. The van der Waals surface area contributed by atoms with Crippen LogP contribution in [0.25, 0.3) is 11.1 Å². The summed E-state index contributed by atoms with van der Waals surface area (Å²) >= 11 is 0. The van der Waals surface area contributed by atoms with Gasteiger partial charge < -0.3 is 0 Å². The Hall–Kier alpha value is -1.88. The number of rotatable bonds is 5. The number of anilines is 1. The summed E-state index contributed by atoms with van der Waals surface area (Å²) in [6.45, 7) is 5.85. The van der Waals surface area contributed by atoms with Crippen molar-refractivity contribution in [3.8, 4) is 11.1 Å². The largest absolute Gasteiger partial charge is 0.284 e. The van der Waals surface area contributed by atoms with Crippen LogP contribution in [0.1, 0.15) is 24.5 Å². The molecule has 0 aliphatic carbocycles. The van der Waals surface area contributed by atoms with E-state index in [2.05, 4.69) is 9.71 Å². The number of sulfonamides is 1. The number of hydrogen-bond acceptors (Lipinski definition) is 3. The van der Waals surface area contributed by atoms with Crippen molar-refractivity contribution in [1.29, 1.82) is 0 Å². The third kappa shape index (κ3) is 3.82. The van der Waals surface area contributed by atoms with E-state index >= 15 is 0 Å². The van der Waals surface area contributed by atoms with Gasteiger partial charge in [0.05, 0.1) is 5.75 Å². The molecule has 2 rings (SSSR count). The second kappa shape index (κ2) is 6.26.